The van der Waals surface area contributed by atoms with Gasteiger partial charge in [-0.2, -0.15) is 0 Å². The van der Waals surface area contributed by atoms with E-state index in [1.54, 1.807) is 44.2 Å². The molecule has 1 amide bonds. The van der Waals surface area contributed by atoms with Crippen LogP contribution in [0.4, 0.5) is 5.69 Å². The lowest BCUT2D eigenvalue weighted by atomic mass is 10.0. The van der Waals surface area contributed by atoms with Crippen molar-refractivity contribution in [2.24, 2.45) is 0 Å². The third kappa shape index (κ3) is 3.99. The van der Waals surface area contributed by atoms with Gasteiger partial charge in [0.1, 0.15) is 0 Å². The Morgan fingerprint density at radius 2 is 1.93 bits per heavy atom. The van der Waals surface area contributed by atoms with E-state index in [1.165, 1.54) is 4.90 Å². The van der Waals surface area contributed by atoms with Crippen LogP contribution in [0, 0.1) is 0 Å². The van der Waals surface area contributed by atoms with Crippen molar-refractivity contribution in [1.82, 2.24) is 0 Å². The number of allylic oxidation sites excluding steroid dienone is 1. The Bertz CT molecular complexity index is 964. The summed E-state index contributed by atoms with van der Waals surface area (Å²) in [5, 5.41) is 0.572. The maximum Gasteiger partial charge on any atom is 0.340 e. The molecule has 1 aliphatic rings. The summed E-state index contributed by atoms with van der Waals surface area (Å²) in [7, 11) is 0. The minimum Gasteiger partial charge on any atom is -0.462 e. The van der Waals surface area contributed by atoms with Crippen LogP contribution in [0.3, 0.4) is 0 Å². The Kier molecular flexibility index (Phi) is 5.82. The van der Waals surface area contributed by atoms with E-state index >= 15 is 0 Å². The molecule has 2 aromatic carbocycles. The fraction of sp³-hybridized carbons (Fsp3) is 0.143. The number of nitrogens with zero attached hydrogens (tertiary/aromatic N) is 1. The van der Waals surface area contributed by atoms with E-state index in [-0.39, 0.29) is 18.1 Å². The van der Waals surface area contributed by atoms with Crippen LogP contribution in [0.1, 0.15) is 19.4 Å². The van der Waals surface area contributed by atoms with Crippen LogP contribution in [-0.2, 0) is 14.3 Å². The smallest absolute Gasteiger partial charge is 0.340 e. The molecule has 0 aromatic heterocycles. The zero-order chi connectivity index (χ0) is 19.6. The van der Waals surface area contributed by atoms with Gasteiger partial charge in [0.05, 0.1) is 17.8 Å². The Balaban J connectivity index is 2.12. The predicted octanol–water partition coefficient (Wildman–Crippen LogP) is 5.37. The molecule has 3 rings (SSSR count). The van der Waals surface area contributed by atoms with E-state index in [4.69, 9.17) is 16.3 Å². The topological polar surface area (TPSA) is 46.6 Å². The van der Waals surface area contributed by atoms with Gasteiger partial charge in [-0.15, -0.1) is 0 Å². The minimum atomic E-state index is -0.513. The molecular formula is C21H17BrClNO3. The van der Waals surface area contributed by atoms with Gasteiger partial charge in [-0.25, -0.2) is 4.79 Å². The Labute approximate surface area is 171 Å². The second kappa shape index (κ2) is 8.11. The number of ether oxygens (including phenoxy) is 1. The van der Waals surface area contributed by atoms with Crippen LogP contribution in [0.25, 0.3) is 6.08 Å². The summed E-state index contributed by atoms with van der Waals surface area (Å²) in [6.07, 6.45) is 1.71. The van der Waals surface area contributed by atoms with Crippen molar-refractivity contribution in [2.45, 2.75) is 13.8 Å². The van der Waals surface area contributed by atoms with Gasteiger partial charge in [-0.3, -0.25) is 9.69 Å². The second-order valence-corrected chi connectivity index (χ2v) is 7.26. The van der Waals surface area contributed by atoms with Crippen LogP contribution in [0.5, 0.6) is 0 Å². The van der Waals surface area contributed by atoms with E-state index in [0.29, 0.717) is 22.0 Å². The standard InChI is InChI=1S/C21H17BrClNO3/c1-3-27-21(26)19-13(2)24(17-9-7-16(23)8-10-17)20(25)18(19)12-14-5-4-6-15(22)11-14/h4-12H,3H2,1-2H3/b18-12-. The molecule has 0 saturated heterocycles. The van der Waals surface area contributed by atoms with E-state index in [0.717, 1.165) is 10.0 Å². The van der Waals surface area contributed by atoms with Gasteiger partial charge >= 0.3 is 5.97 Å². The lowest BCUT2D eigenvalue weighted by molar-refractivity contribution is -0.138. The van der Waals surface area contributed by atoms with Crippen LogP contribution >= 0.6 is 27.5 Å². The Morgan fingerprint density at radius 1 is 1.22 bits per heavy atom. The average molecular weight is 447 g/mol. The molecule has 0 spiro atoms. The number of amides is 1. The summed E-state index contributed by atoms with van der Waals surface area (Å²) >= 11 is 9.38. The quantitative estimate of drug-likeness (QED) is 0.468. The van der Waals surface area contributed by atoms with Gasteiger partial charge in [0.15, 0.2) is 0 Å². The number of esters is 1. The van der Waals surface area contributed by atoms with Crippen molar-refractivity contribution in [3.8, 4) is 0 Å². The first-order chi connectivity index (χ1) is 12.9. The fourth-order valence-electron chi connectivity index (χ4n) is 2.95. The van der Waals surface area contributed by atoms with E-state index in [2.05, 4.69) is 15.9 Å². The van der Waals surface area contributed by atoms with Gasteiger partial charge in [0.25, 0.3) is 5.91 Å². The number of carbonyl (C=O) groups is 2. The van der Waals surface area contributed by atoms with Crippen molar-refractivity contribution in [2.75, 3.05) is 11.5 Å². The molecule has 0 radical (unpaired) electrons. The second-order valence-electron chi connectivity index (χ2n) is 5.91. The molecule has 27 heavy (non-hydrogen) atoms. The number of anilines is 1. The SMILES string of the molecule is CCOC(=O)C1=C(C)N(c2ccc(Cl)cc2)C(=O)/C1=C\c1cccc(Br)c1. The lowest BCUT2D eigenvalue weighted by Crippen LogP contribution is -2.24. The first kappa shape index (κ1) is 19.4. The monoisotopic (exact) mass is 445 g/mol. The highest BCUT2D eigenvalue weighted by molar-refractivity contribution is 9.10. The predicted molar refractivity (Wildman–Crippen MR) is 110 cm³/mol. The maximum atomic E-state index is 13.2. The number of carbonyl (C=O) groups excluding carboxylic acids is 2. The molecule has 2 aromatic rings. The van der Waals surface area contributed by atoms with E-state index < -0.39 is 5.97 Å². The first-order valence-corrected chi connectivity index (χ1v) is 9.55. The van der Waals surface area contributed by atoms with Crippen LogP contribution < -0.4 is 4.90 Å². The van der Waals surface area contributed by atoms with Crippen molar-refractivity contribution < 1.29 is 14.3 Å². The number of hydrogen-bond donors (Lipinski definition) is 0. The summed E-state index contributed by atoms with van der Waals surface area (Å²) in [6.45, 7) is 3.70. The maximum absolute atomic E-state index is 13.2. The first-order valence-electron chi connectivity index (χ1n) is 8.38. The Morgan fingerprint density at radius 3 is 2.56 bits per heavy atom. The molecule has 0 saturated carbocycles. The molecule has 0 unspecified atom stereocenters. The molecule has 1 heterocycles. The molecule has 6 heteroatoms. The molecular weight excluding hydrogens is 430 g/mol. The average Bonchev–Trinajstić information content (AvgIpc) is 2.86. The number of hydrogen-bond acceptors (Lipinski definition) is 3. The van der Waals surface area contributed by atoms with E-state index in [1.807, 2.05) is 24.3 Å². The molecule has 0 bridgehead atoms. The fourth-order valence-corrected chi connectivity index (χ4v) is 3.49. The van der Waals surface area contributed by atoms with Gasteiger partial charge < -0.3 is 4.74 Å². The molecule has 0 N–H and O–H groups in total. The van der Waals surface area contributed by atoms with Crippen LogP contribution in [0.2, 0.25) is 5.02 Å². The zero-order valence-electron chi connectivity index (χ0n) is 14.8. The highest BCUT2D eigenvalue weighted by Gasteiger charge is 2.38. The molecule has 0 atom stereocenters. The van der Waals surface area contributed by atoms with Crippen LogP contribution in [-0.4, -0.2) is 18.5 Å². The molecule has 1 aliphatic heterocycles. The molecule has 138 valence electrons. The largest absolute Gasteiger partial charge is 0.462 e. The lowest BCUT2D eigenvalue weighted by Gasteiger charge is -2.17. The summed E-state index contributed by atoms with van der Waals surface area (Å²) in [5.74, 6) is -0.793. The normalized spacial score (nSPS) is 15.6. The van der Waals surface area contributed by atoms with Crippen molar-refractivity contribution >= 4 is 51.2 Å². The summed E-state index contributed by atoms with van der Waals surface area (Å²) in [6, 6.07) is 14.4. The van der Waals surface area contributed by atoms with Crippen molar-refractivity contribution in [3.63, 3.8) is 0 Å². The van der Waals surface area contributed by atoms with Gasteiger partial charge in [0.2, 0.25) is 0 Å². The highest BCUT2D eigenvalue weighted by atomic mass is 79.9. The molecule has 4 nitrogen and oxygen atoms in total. The molecule has 0 fully saturated rings. The number of benzene rings is 2. The molecule has 0 aliphatic carbocycles. The number of halogens is 2. The third-order valence-corrected chi connectivity index (χ3v) is 4.87. The summed E-state index contributed by atoms with van der Waals surface area (Å²) in [4.78, 5) is 27.2. The van der Waals surface area contributed by atoms with Crippen molar-refractivity contribution in [3.05, 3.63) is 80.4 Å². The van der Waals surface area contributed by atoms with Crippen LogP contribution in [0.15, 0.2) is 69.8 Å². The summed E-state index contributed by atoms with van der Waals surface area (Å²) in [5.41, 5.74) is 2.56. The third-order valence-electron chi connectivity index (χ3n) is 4.12. The van der Waals surface area contributed by atoms with E-state index in [9.17, 15) is 9.59 Å². The van der Waals surface area contributed by atoms with Gasteiger partial charge in [-0.05, 0) is 61.9 Å². The zero-order valence-corrected chi connectivity index (χ0v) is 17.2. The Hall–Kier alpha value is -2.37. The van der Waals surface area contributed by atoms with Gasteiger partial charge in [-0.1, -0.05) is 39.7 Å². The van der Waals surface area contributed by atoms with Gasteiger partial charge in [0, 0.05) is 20.9 Å². The minimum absolute atomic E-state index is 0.231. The number of rotatable bonds is 4. The highest BCUT2D eigenvalue weighted by Crippen LogP contribution is 2.36. The van der Waals surface area contributed by atoms with Crippen molar-refractivity contribution in [1.29, 1.82) is 0 Å². The summed E-state index contributed by atoms with van der Waals surface area (Å²) < 4.78 is 6.08.